The fourth-order valence-corrected chi connectivity index (χ4v) is 8.41. The normalized spacial score (nSPS) is 30.7. The molecule has 44 heavy (non-hydrogen) atoms. The number of alkyl halides is 2. The molecule has 0 aliphatic carbocycles. The summed E-state index contributed by atoms with van der Waals surface area (Å²) in [5.74, 6) is -0.228. The lowest BCUT2D eigenvalue weighted by molar-refractivity contribution is -0.0398. The molecule has 0 radical (unpaired) electrons. The molecule has 24 heteroatoms. The van der Waals surface area contributed by atoms with Crippen LogP contribution < -0.4 is 17.0 Å². The van der Waals surface area contributed by atoms with E-state index in [1.807, 2.05) is 0 Å². The highest BCUT2D eigenvalue weighted by Gasteiger charge is 2.56. The van der Waals surface area contributed by atoms with Crippen molar-refractivity contribution in [3.05, 3.63) is 29.3 Å². The van der Waals surface area contributed by atoms with Crippen LogP contribution in [0.4, 0.5) is 20.5 Å². The van der Waals surface area contributed by atoms with E-state index in [4.69, 9.17) is 41.8 Å². The van der Waals surface area contributed by atoms with Crippen molar-refractivity contribution in [3.8, 4) is 0 Å². The molecule has 0 saturated carbocycles. The van der Waals surface area contributed by atoms with Crippen LogP contribution in [0.1, 0.15) is 12.5 Å². The van der Waals surface area contributed by atoms with Crippen LogP contribution in [-0.4, -0.2) is 98.6 Å². The molecule has 7 N–H and O–H groups in total. The highest BCUT2D eigenvalue weighted by atomic mass is 32.7. The molecule has 6 heterocycles. The van der Waals surface area contributed by atoms with E-state index in [0.717, 1.165) is 17.2 Å². The van der Waals surface area contributed by atoms with E-state index in [9.17, 15) is 19.4 Å². The average molecular weight is 696 g/mol. The van der Waals surface area contributed by atoms with Gasteiger partial charge in [0.05, 0.1) is 25.9 Å². The monoisotopic (exact) mass is 695 g/mol. The number of H-pyrrole nitrogens is 1. The lowest BCUT2D eigenvalue weighted by atomic mass is 10.1. The first kappa shape index (κ1) is 31.2. The number of nitrogens with two attached hydrogens (primary N) is 2. The maximum absolute atomic E-state index is 15.8. The van der Waals surface area contributed by atoms with E-state index in [2.05, 4.69) is 42.2 Å². The molecule has 2 aliphatic rings. The third kappa shape index (κ3) is 5.38. The predicted molar refractivity (Wildman–Crippen MR) is 155 cm³/mol. The third-order valence-corrected chi connectivity index (χ3v) is 10.7. The number of nitrogen functional groups attached to an aromatic ring is 2. The second-order valence-electron chi connectivity index (χ2n) is 9.72. The summed E-state index contributed by atoms with van der Waals surface area (Å²) in [4.78, 5) is 45.9. The number of aromatic nitrogens is 8. The summed E-state index contributed by atoms with van der Waals surface area (Å²) in [5.41, 5.74) is 9.22. The SMILES string of the molecule is Nc1nc2c(ncn2C2OC(CO)C(F)C2P(O)(=S)OCC2OC(n3cnc4c(N)ncnc43)C(F)C2O[P+](=O)S)c(=O)[nH]1. The van der Waals surface area contributed by atoms with Crippen molar-refractivity contribution in [1.82, 2.24) is 39.0 Å². The average Bonchev–Trinajstić information content (AvgIpc) is 3.72. The van der Waals surface area contributed by atoms with Crippen molar-refractivity contribution in [2.24, 2.45) is 0 Å². The summed E-state index contributed by atoms with van der Waals surface area (Å²) in [6.45, 7) is -5.73. The molecule has 2 saturated heterocycles. The highest BCUT2D eigenvalue weighted by molar-refractivity contribution is 8.39. The number of hydrogen-bond donors (Lipinski definition) is 6. The number of aromatic amines is 1. The molecular formula is C20H23F2N10O8P2S2+. The van der Waals surface area contributed by atoms with Gasteiger partial charge in [0.1, 0.15) is 48.1 Å². The summed E-state index contributed by atoms with van der Waals surface area (Å²) in [5, 5.41) is 9.74. The molecule has 0 aromatic carbocycles. The van der Waals surface area contributed by atoms with Gasteiger partial charge in [0.2, 0.25) is 5.95 Å². The third-order valence-electron chi connectivity index (χ3n) is 7.13. The summed E-state index contributed by atoms with van der Waals surface area (Å²) < 4.78 is 68.0. The Labute approximate surface area is 255 Å². The molecule has 6 rings (SSSR count). The molecule has 0 amide bonds. The smallest absolute Gasteiger partial charge is 0.394 e. The van der Waals surface area contributed by atoms with Gasteiger partial charge in [0, 0.05) is 0 Å². The molecule has 236 valence electrons. The molecule has 0 spiro atoms. The fourth-order valence-electron chi connectivity index (χ4n) is 5.16. The fraction of sp³-hybridized carbons (Fsp3) is 0.500. The highest BCUT2D eigenvalue weighted by Crippen LogP contribution is 2.59. The maximum Gasteiger partial charge on any atom is 0.582 e. The Bertz CT molecular complexity index is 1850. The lowest BCUT2D eigenvalue weighted by Gasteiger charge is -2.29. The molecule has 10 atom stereocenters. The van der Waals surface area contributed by atoms with Crippen LogP contribution in [0.25, 0.3) is 22.3 Å². The molecule has 4 aromatic rings. The van der Waals surface area contributed by atoms with Gasteiger partial charge < -0.3 is 35.5 Å². The molecule has 2 aliphatic heterocycles. The van der Waals surface area contributed by atoms with Gasteiger partial charge in [-0.3, -0.25) is 18.9 Å². The Balaban J connectivity index is 1.29. The second kappa shape index (κ2) is 11.9. The minimum atomic E-state index is -4.28. The number of hydrogen-bond acceptors (Lipinski definition) is 15. The predicted octanol–water partition coefficient (Wildman–Crippen LogP) is 0.247. The number of fused-ring (bicyclic) bond motifs is 2. The molecular weight excluding hydrogens is 672 g/mol. The van der Waals surface area contributed by atoms with Gasteiger partial charge in [0.25, 0.3) is 5.56 Å². The minimum Gasteiger partial charge on any atom is -0.394 e. The molecule has 18 nitrogen and oxygen atoms in total. The zero-order chi connectivity index (χ0) is 31.5. The van der Waals surface area contributed by atoms with Gasteiger partial charge in [0.15, 0.2) is 53.9 Å². The van der Waals surface area contributed by atoms with Crippen molar-refractivity contribution < 1.29 is 41.9 Å². The van der Waals surface area contributed by atoms with Crippen molar-refractivity contribution in [2.45, 2.75) is 48.8 Å². The van der Waals surface area contributed by atoms with Crippen LogP contribution in [0, 0.1) is 0 Å². The van der Waals surface area contributed by atoms with Gasteiger partial charge >= 0.3 is 7.23 Å². The number of thiol groups is 1. The second-order valence-corrected chi connectivity index (χ2v) is 14.9. The lowest BCUT2D eigenvalue weighted by Crippen LogP contribution is -2.34. The molecule has 4 aromatic heterocycles. The quantitative estimate of drug-likeness (QED) is 0.101. The first-order valence-electron chi connectivity index (χ1n) is 12.6. The van der Waals surface area contributed by atoms with E-state index in [-0.39, 0.29) is 34.1 Å². The van der Waals surface area contributed by atoms with Crippen LogP contribution in [0.15, 0.2) is 23.8 Å². The van der Waals surface area contributed by atoms with Gasteiger partial charge in [-0.25, -0.2) is 28.7 Å². The van der Waals surface area contributed by atoms with E-state index in [1.54, 1.807) is 0 Å². The van der Waals surface area contributed by atoms with Gasteiger partial charge in [-0.1, -0.05) is 0 Å². The largest absolute Gasteiger partial charge is 0.582 e. The number of halogens is 2. The summed E-state index contributed by atoms with van der Waals surface area (Å²) in [6, 6.07) is 0. The number of imidazole rings is 2. The van der Waals surface area contributed by atoms with Crippen LogP contribution >= 0.6 is 26.0 Å². The zero-order valence-corrected chi connectivity index (χ0v) is 25.4. The van der Waals surface area contributed by atoms with Crippen LogP contribution in [0.5, 0.6) is 0 Å². The Morgan fingerprint density at radius 1 is 1.09 bits per heavy atom. The molecule has 2 fully saturated rings. The van der Waals surface area contributed by atoms with Crippen LogP contribution in [-0.2, 0) is 34.9 Å². The number of ether oxygens (including phenoxy) is 2. The standard InChI is InChI=1S/C20H22F2N10O8P2S2/c21-8-6(1-33)38-19(32-5-28-11-16(32)29-20(24)30-17(11)34)13(8)42(36,44)37-2-7-12(40-41(35)43)9(22)18(39-7)31-4-27-10-14(23)25-3-26-15(10)31/h3-9,12-13,18-19,33H,1-2H2,(H6-,23,24,25,26,29,30,34,35,36,43,44)/p+1. The zero-order valence-electron chi connectivity index (χ0n) is 21.9. The van der Waals surface area contributed by atoms with Crippen molar-refractivity contribution >= 4 is 71.9 Å². The summed E-state index contributed by atoms with van der Waals surface area (Å²) in [7, 11) is -2.64. The van der Waals surface area contributed by atoms with Gasteiger partial charge in [-0.2, -0.15) is 4.98 Å². The van der Waals surface area contributed by atoms with E-state index in [1.165, 1.54) is 10.9 Å². The van der Waals surface area contributed by atoms with E-state index < -0.39 is 81.3 Å². The Morgan fingerprint density at radius 2 is 1.77 bits per heavy atom. The van der Waals surface area contributed by atoms with E-state index in [0.29, 0.717) is 0 Å². The Kier molecular flexibility index (Phi) is 8.41. The van der Waals surface area contributed by atoms with Gasteiger partial charge in [-0.15, -0.1) is 4.52 Å². The Morgan fingerprint density at radius 3 is 2.48 bits per heavy atom. The number of aliphatic hydroxyl groups is 1. The number of nitrogens with zero attached hydrogens (tertiary/aromatic N) is 7. The van der Waals surface area contributed by atoms with Crippen LogP contribution in [0.2, 0.25) is 0 Å². The van der Waals surface area contributed by atoms with Crippen molar-refractivity contribution in [2.75, 3.05) is 24.7 Å². The number of rotatable bonds is 9. The topological polar surface area (TPSA) is 254 Å². The van der Waals surface area contributed by atoms with E-state index >= 15 is 8.78 Å². The first-order valence-corrected chi connectivity index (χ1v) is 17.6. The first-order chi connectivity index (χ1) is 20.9. The van der Waals surface area contributed by atoms with Crippen molar-refractivity contribution in [3.63, 3.8) is 0 Å². The number of anilines is 2. The van der Waals surface area contributed by atoms with Gasteiger partial charge in [-0.05, 0) is 16.4 Å². The number of aliphatic hydroxyl groups excluding tert-OH is 1. The minimum absolute atomic E-state index is 0.0395. The summed E-state index contributed by atoms with van der Waals surface area (Å²) in [6.07, 6.45) is -7.81. The molecule has 0 bridgehead atoms. The maximum atomic E-state index is 15.8. The van der Waals surface area contributed by atoms with Crippen molar-refractivity contribution in [1.29, 1.82) is 0 Å². The number of nitrogens with one attached hydrogen (secondary N) is 1. The summed E-state index contributed by atoms with van der Waals surface area (Å²) >= 11 is 9.09. The Hall–Kier alpha value is -2.78. The van der Waals surface area contributed by atoms with Crippen LogP contribution in [0.3, 0.4) is 0 Å². The molecule has 10 unspecified atom stereocenters.